The largest absolute Gasteiger partial charge is 0.438 e. The summed E-state index contributed by atoms with van der Waals surface area (Å²) in [6.45, 7) is 0. The Labute approximate surface area is 121 Å². The molecule has 4 nitrogen and oxygen atoms in total. The number of pyridine rings is 1. The summed E-state index contributed by atoms with van der Waals surface area (Å²) in [5, 5.41) is 9.77. The van der Waals surface area contributed by atoms with Crippen LogP contribution in [0.2, 0.25) is 0 Å². The van der Waals surface area contributed by atoms with Crippen molar-refractivity contribution >= 4 is 17.2 Å². The smallest absolute Gasteiger partial charge is 0.230 e. The first-order chi connectivity index (χ1) is 10.3. The van der Waals surface area contributed by atoms with E-state index in [0.717, 1.165) is 10.9 Å². The number of nitrogens with zero attached hydrogens (tertiary/aromatic N) is 2. The first-order valence-corrected chi connectivity index (χ1v) is 6.33. The van der Waals surface area contributed by atoms with E-state index >= 15 is 0 Å². The predicted octanol–water partition coefficient (Wildman–Crippen LogP) is 3.71. The molecule has 3 rings (SSSR count). The summed E-state index contributed by atoms with van der Waals surface area (Å²) in [4.78, 5) is 15.6. The molecule has 100 valence electrons. The number of fused-ring (bicyclic) bond motifs is 1. The predicted molar refractivity (Wildman–Crippen MR) is 78.4 cm³/mol. The van der Waals surface area contributed by atoms with Crippen LogP contribution >= 0.6 is 0 Å². The van der Waals surface area contributed by atoms with Gasteiger partial charge in [0.2, 0.25) is 5.88 Å². The van der Waals surface area contributed by atoms with E-state index in [-0.39, 0.29) is 5.88 Å². The number of carbonyl (C=O) groups excluding carboxylic acids is 1. The molecule has 0 saturated carbocycles. The van der Waals surface area contributed by atoms with Gasteiger partial charge in [0.25, 0.3) is 0 Å². The van der Waals surface area contributed by atoms with Crippen molar-refractivity contribution in [3.63, 3.8) is 0 Å². The summed E-state index contributed by atoms with van der Waals surface area (Å²) in [6, 6.07) is 18.0. The van der Waals surface area contributed by atoms with Crippen LogP contribution < -0.4 is 4.74 Å². The highest BCUT2D eigenvalue weighted by Gasteiger charge is 2.09. The van der Waals surface area contributed by atoms with Gasteiger partial charge < -0.3 is 4.74 Å². The number of ether oxygens (including phenoxy) is 1. The Bertz CT molecular complexity index is 866. The van der Waals surface area contributed by atoms with E-state index in [4.69, 9.17) is 10.00 Å². The van der Waals surface area contributed by atoms with Crippen LogP contribution in [0.1, 0.15) is 15.9 Å². The van der Waals surface area contributed by atoms with Crippen molar-refractivity contribution in [2.45, 2.75) is 0 Å². The summed E-state index contributed by atoms with van der Waals surface area (Å²) in [5.41, 5.74) is 1.60. The Kier molecular flexibility index (Phi) is 3.32. The second-order valence-corrected chi connectivity index (χ2v) is 4.43. The van der Waals surface area contributed by atoms with Crippen LogP contribution in [0.25, 0.3) is 10.9 Å². The molecule has 0 saturated heterocycles. The third-order valence-corrected chi connectivity index (χ3v) is 3.02. The van der Waals surface area contributed by atoms with E-state index in [0.29, 0.717) is 23.2 Å². The molecule has 0 atom stereocenters. The molecule has 2 aromatic carbocycles. The van der Waals surface area contributed by atoms with Crippen molar-refractivity contribution in [3.05, 3.63) is 65.7 Å². The number of rotatable bonds is 3. The molecular formula is C17H10N2O2. The molecule has 4 heteroatoms. The monoisotopic (exact) mass is 274 g/mol. The van der Waals surface area contributed by atoms with E-state index in [1.165, 1.54) is 0 Å². The molecule has 0 aliphatic carbocycles. The molecule has 1 heterocycles. The molecule has 0 unspecified atom stereocenters. The van der Waals surface area contributed by atoms with Gasteiger partial charge in [0.05, 0.1) is 22.7 Å². The lowest BCUT2D eigenvalue weighted by atomic mass is 10.1. The van der Waals surface area contributed by atoms with Crippen LogP contribution in [0, 0.1) is 11.3 Å². The number of aldehydes is 1. The standard InChI is InChI=1S/C17H10N2O2/c18-10-12-4-3-6-15(8-12)21-17-14(11-20)9-13-5-1-2-7-16(13)19-17/h1-9,11H. The highest BCUT2D eigenvalue weighted by molar-refractivity contribution is 5.88. The third-order valence-electron chi connectivity index (χ3n) is 3.02. The molecule has 0 amide bonds. The minimum absolute atomic E-state index is 0.235. The number of benzene rings is 2. The van der Waals surface area contributed by atoms with Gasteiger partial charge in [-0.15, -0.1) is 0 Å². The summed E-state index contributed by atoms with van der Waals surface area (Å²) < 4.78 is 5.66. The zero-order valence-electron chi connectivity index (χ0n) is 11.0. The summed E-state index contributed by atoms with van der Waals surface area (Å²) >= 11 is 0. The van der Waals surface area contributed by atoms with Crippen LogP contribution in [0.3, 0.4) is 0 Å². The minimum Gasteiger partial charge on any atom is -0.438 e. The molecular weight excluding hydrogens is 264 g/mol. The van der Waals surface area contributed by atoms with Crippen molar-refractivity contribution in [1.29, 1.82) is 5.26 Å². The van der Waals surface area contributed by atoms with Crippen molar-refractivity contribution in [3.8, 4) is 17.7 Å². The fourth-order valence-electron chi connectivity index (χ4n) is 2.02. The minimum atomic E-state index is 0.235. The van der Waals surface area contributed by atoms with E-state index in [9.17, 15) is 4.79 Å². The van der Waals surface area contributed by atoms with Crippen LogP contribution in [0.5, 0.6) is 11.6 Å². The van der Waals surface area contributed by atoms with Gasteiger partial charge in [-0.2, -0.15) is 5.26 Å². The van der Waals surface area contributed by atoms with Crippen LogP contribution in [-0.4, -0.2) is 11.3 Å². The number of aromatic nitrogens is 1. The Morgan fingerprint density at radius 1 is 1.10 bits per heavy atom. The SMILES string of the molecule is N#Cc1cccc(Oc2nc3ccccc3cc2C=O)c1. The third kappa shape index (κ3) is 2.58. The molecule has 0 fully saturated rings. The summed E-state index contributed by atoms with van der Waals surface area (Å²) in [5.74, 6) is 0.707. The molecule has 0 aliphatic heterocycles. The molecule has 0 bridgehead atoms. The Balaban J connectivity index is 2.06. The van der Waals surface area contributed by atoms with Gasteiger partial charge in [-0.05, 0) is 30.3 Å². The number of hydrogen-bond donors (Lipinski definition) is 0. The number of para-hydroxylation sites is 1. The highest BCUT2D eigenvalue weighted by Crippen LogP contribution is 2.26. The number of nitriles is 1. The average molecular weight is 274 g/mol. The Morgan fingerprint density at radius 2 is 1.95 bits per heavy atom. The first kappa shape index (κ1) is 12.8. The van der Waals surface area contributed by atoms with Gasteiger partial charge in [0.15, 0.2) is 6.29 Å². The second-order valence-electron chi connectivity index (χ2n) is 4.43. The van der Waals surface area contributed by atoms with Gasteiger partial charge >= 0.3 is 0 Å². The van der Waals surface area contributed by atoms with E-state index in [2.05, 4.69) is 4.98 Å². The lowest BCUT2D eigenvalue weighted by Crippen LogP contribution is -1.95. The lowest BCUT2D eigenvalue weighted by molar-refractivity contribution is 0.112. The zero-order valence-corrected chi connectivity index (χ0v) is 11.0. The number of hydrogen-bond acceptors (Lipinski definition) is 4. The molecule has 0 aliphatic rings. The molecule has 1 aromatic heterocycles. The maximum absolute atomic E-state index is 11.2. The van der Waals surface area contributed by atoms with Crippen molar-refractivity contribution < 1.29 is 9.53 Å². The first-order valence-electron chi connectivity index (χ1n) is 6.33. The fourth-order valence-corrected chi connectivity index (χ4v) is 2.02. The molecule has 3 aromatic rings. The van der Waals surface area contributed by atoms with Crippen molar-refractivity contribution in [1.82, 2.24) is 4.98 Å². The summed E-state index contributed by atoms with van der Waals surface area (Å²) in [7, 11) is 0. The van der Waals surface area contributed by atoms with Gasteiger partial charge in [0, 0.05) is 5.39 Å². The number of carbonyl (C=O) groups is 1. The van der Waals surface area contributed by atoms with E-state index in [1.807, 2.05) is 30.3 Å². The van der Waals surface area contributed by atoms with Gasteiger partial charge in [-0.3, -0.25) is 4.79 Å². The Hall–Kier alpha value is -3.19. The average Bonchev–Trinajstić information content (AvgIpc) is 2.54. The van der Waals surface area contributed by atoms with Crippen LogP contribution in [-0.2, 0) is 0 Å². The lowest BCUT2D eigenvalue weighted by Gasteiger charge is -2.08. The van der Waals surface area contributed by atoms with Gasteiger partial charge in [-0.1, -0.05) is 24.3 Å². The van der Waals surface area contributed by atoms with Crippen LogP contribution in [0.4, 0.5) is 0 Å². The second kappa shape index (κ2) is 5.43. The molecule has 0 N–H and O–H groups in total. The normalized spacial score (nSPS) is 10.0. The fraction of sp³-hybridized carbons (Fsp3) is 0. The maximum atomic E-state index is 11.2. The van der Waals surface area contributed by atoms with Gasteiger partial charge in [0.1, 0.15) is 5.75 Å². The molecule has 21 heavy (non-hydrogen) atoms. The molecule has 0 spiro atoms. The van der Waals surface area contributed by atoms with Crippen molar-refractivity contribution in [2.75, 3.05) is 0 Å². The van der Waals surface area contributed by atoms with Crippen LogP contribution in [0.15, 0.2) is 54.6 Å². The van der Waals surface area contributed by atoms with Crippen molar-refractivity contribution in [2.24, 2.45) is 0 Å². The highest BCUT2D eigenvalue weighted by atomic mass is 16.5. The van der Waals surface area contributed by atoms with E-state index in [1.54, 1.807) is 30.3 Å². The van der Waals surface area contributed by atoms with Gasteiger partial charge in [-0.25, -0.2) is 4.98 Å². The maximum Gasteiger partial charge on any atom is 0.230 e. The topological polar surface area (TPSA) is 63.0 Å². The molecule has 0 radical (unpaired) electrons. The van der Waals surface area contributed by atoms with E-state index < -0.39 is 0 Å². The quantitative estimate of drug-likeness (QED) is 0.683. The Morgan fingerprint density at radius 3 is 2.76 bits per heavy atom. The zero-order chi connectivity index (χ0) is 14.7. The summed E-state index contributed by atoms with van der Waals surface area (Å²) in [6.07, 6.45) is 0.711.